The Morgan fingerprint density at radius 2 is 1.89 bits per heavy atom. The lowest BCUT2D eigenvalue weighted by Crippen LogP contribution is -2.56. The Hall–Kier alpha value is -4.40. The molecule has 0 aliphatic heterocycles. The topological polar surface area (TPSA) is 145 Å². The molecule has 0 radical (unpaired) electrons. The third kappa shape index (κ3) is 5.25. The molecule has 0 bridgehead atoms. The second kappa shape index (κ2) is 9.93. The van der Waals surface area contributed by atoms with Crippen LogP contribution in [0.3, 0.4) is 0 Å². The molecule has 0 fully saturated rings. The van der Waals surface area contributed by atoms with Crippen LogP contribution in [0.4, 0.5) is 27.8 Å². The summed E-state index contributed by atoms with van der Waals surface area (Å²) in [5, 5.41) is 20.2. The molecule has 37 heavy (non-hydrogen) atoms. The first-order valence-electron chi connectivity index (χ1n) is 10.6. The van der Waals surface area contributed by atoms with E-state index >= 15 is 0 Å². The highest BCUT2D eigenvalue weighted by atomic mass is 19.4. The van der Waals surface area contributed by atoms with Gasteiger partial charge in [0.15, 0.2) is 17.5 Å². The molecule has 4 N–H and O–H groups in total. The summed E-state index contributed by atoms with van der Waals surface area (Å²) in [5.74, 6) is -4.11. The van der Waals surface area contributed by atoms with Crippen LogP contribution in [0.2, 0.25) is 0 Å². The van der Waals surface area contributed by atoms with Gasteiger partial charge in [0.2, 0.25) is 5.60 Å². The van der Waals surface area contributed by atoms with Gasteiger partial charge in [0, 0.05) is 24.6 Å². The standard InChI is InChI=1S/C22H18F5N7O3/c23-13-4-2-1-3-12(13)11-34-17(15-5-8-37-33-15)9-16(32-34)19-30-10-14(24)18(31-19)29-7-6-21(36,20(28)35)22(25,26)27/h1-5,8-10,36H,6-7,11H2,(H2,28,35)(H,29,30,31)/t21-/m1/s1. The Bertz CT molecular complexity index is 1410. The van der Waals surface area contributed by atoms with Gasteiger partial charge in [0.1, 0.15) is 23.5 Å². The summed E-state index contributed by atoms with van der Waals surface area (Å²) in [6.45, 7) is -0.720. The fourth-order valence-corrected chi connectivity index (χ4v) is 3.37. The normalized spacial score (nSPS) is 13.4. The number of carbonyl (C=O) groups is 1. The van der Waals surface area contributed by atoms with Gasteiger partial charge in [-0.1, -0.05) is 23.4 Å². The maximum atomic E-state index is 14.3. The monoisotopic (exact) mass is 523 g/mol. The summed E-state index contributed by atoms with van der Waals surface area (Å²) in [4.78, 5) is 19.0. The molecule has 1 amide bonds. The number of benzene rings is 1. The van der Waals surface area contributed by atoms with E-state index in [1.165, 1.54) is 35.2 Å². The van der Waals surface area contributed by atoms with Gasteiger partial charge in [0.25, 0.3) is 5.91 Å². The van der Waals surface area contributed by atoms with Crippen LogP contribution in [0.25, 0.3) is 22.9 Å². The highest BCUT2D eigenvalue weighted by Gasteiger charge is 2.58. The molecule has 194 valence electrons. The van der Waals surface area contributed by atoms with Crippen LogP contribution in [0.1, 0.15) is 12.0 Å². The second-order valence-corrected chi connectivity index (χ2v) is 7.84. The number of alkyl halides is 3. The van der Waals surface area contributed by atoms with E-state index in [0.29, 0.717) is 17.0 Å². The van der Waals surface area contributed by atoms with Gasteiger partial charge in [-0.3, -0.25) is 9.48 Å². The van der Waals surface area contributed by atoms with Crippen molar-refractivity contribution in [1.29, 1.82) is 0 Å². The Morgan fingerprint density at radius 3 is 2.54 bits per heavy atom. The summed E-state index contributed by atoms with van der Waals surface area (Å²) < 4.78 is 74.0. The van der Waals surface area contributed by atoms with E-state index in [1.54, 1.807) is 12.1 Å². The molecule has 0 spiro atoms. The van der Waals surface area contributed by atoms with E-state index < -0.39 is 48.1 Å². The second-order valence-electron chi connectivity index (χ2n) is 7.84. The van der Waals surface area contributed by atoms with Gasteiger partial charge >= 0.3 is 6.18 Å². The van der Waals surface area contributed by atoms with Crippen molar-refractivity contribution in [2.45, 2.75) is 24.7 Å². The SMILES string of the molecule is NC(=O)[C@](O)(CCNc1nc(-c2cc(-c3ccon3)n(Cc3ccccc3F)n2)ncc1F)C(F)(F)F. The van der Waals surface area contributed by atoms with Gasteiger partial charge < -0.3 is 20.7 Å². The predicted molar refractivity (Wildman–Crippen MR) is 118 cm³/mol. The van der Waals surface area contributed by atoms with Crippen molar-refractivity contribution < 1.29 is 36.4 Å². The first-order valence-corrected chi connectivity index (χ1v) is 10.6. The Labute approximate surface area is 204 Å². The van der Waals surface area contributed by atoms with Gasteiger partial charge in [-0.05, 0) is 12.1 Å². The van der Waals surface area contributed by atoms with Crippen molar-refractivity contribution in [2.24, 2.45) is 5.73 Å². The first kappa shape index (κ1) is 25.7. The van der Waals surface area contributed by atoms with Gasteiger partial charge in [-0.25, -0.2) is 18.7 Å². The third-order valence-electron chi connectivity index (χ3n) is 5.39. The van der Waals surface area contributed by atoms with Crippen LogP contribution < -0.4 is 11.1 Å². The maximum absolute atomic E-state index is 14.3. The van der Waals surface area contributed by atoms with Crippen LogP contribution in [0, 0.1) is 11.6 Å². The van der Waals surface area contributed by atoms with E-state index in [9.17, 15) is 31.9 Å². The minimum Gasteiger partial charge on any atom is -0.373 e. The number of aliphatic hydroxyl groups is 1. The Morgan fingerprint density at radius 1 is 1.14 bits per heavy atom. The third-order valence-corrected chi connectivity index (χ3v) is 5.39. The number of hydrogen-bond donors (Lipinski definition) is 3. The lowest BCUT2D eigenvalue weighted by atomic mass is 9.98. The Kier molecular flexibility index (Phi) is 6.89. The van der Waals surface area contributed by atoms with Crippen LogP contribution in [-0.2, 0) is 11.3 Å². The number of hydrogen-bond acceptors (Lipinski definition) is 8. The van der Waals surface area contributed by atoms with Gasteiger partial charge in [-0.15, -0.1) is 0 Å². The van der Waals surface area contributed by atoms with Crippen molar-refractivity contribution in [3.05, 3.63) is 66.1 Å². The molecule has 1 atom stereocenters. The molecular formula is C22H18F5N7O3. The minimum absolute atomic E-state index is 0.00961. The molecule has 0 saturated heterocycles. The summed E-state index contributed by atoms with van der Waals surface area (Å²) in [6, 6.07) is 9.06. The largest absolute Gasteiger partial charge is 0.426 e. The van der Waals surface area contributed by atoms with Gasteiger partial charge in [0.05, 0.1) is 18.4 Å². The van der Waals surface area contributed by atoms with Crippen molar-refractivity contribution in [1.82, 2.24) is 24.9 Å². The fraction of sp³-hybridized carbons (Fsp3) is 0.227. The average Bonchev–Trinajstić information content (AvgIpc) is 3.51. The highest BCUT2D eigenvalue weighted by Crippen LogP contribution is 2.33. The van der Waals surface area contributed by atoms with Crippen LogP contribution in [0.5, 0.6) is 0 Å². The average molecular weight is 523 g/mol. The lowest BCUT2D eigenvalue weighted by Gasteiger charge is -2.27. The molecule has 4 aromatic rings. The lowest BCUT2D eigenvalue weighted by molar-refractivity contribution is -0.251. The molecule has 4 rings (SSSR count). The molecule has 0 aliphatic carbocycles. The summed E-state index contributed by atoms with van der Waals surface area (Å²) in [7, 11) is 0. The number of carbonyl (C=O) groups excluding carboxylic acids is 1. The summed E-state index contributed by atoms with van der Waals surface area (Å²) >= 11 is 0. The van der Waals surface area contributed by atoms with E-state index in [0.717, 1.165) is 6.20 Å². The molecule has 10 nitrogen and oxygen atoms in total. The predicted octanol–water partition coefficient (Wildman–Crippen LogP) is 2.90. The number of aromatic nitrogens is 5. The molecule has 0 unspecified atom stereocenters. The Balaban J connectivity index is 1.62. The number of primary amides is 1. The molecule has 3 aromatic heterocycles. The fourth-order valence-electron chi connectivity index (χ4n) is 3.37. The van der Waals surface area contributed by atoms with Crippen molar-refractivity contribution in [3.8, 4) is 22.9 Å². The van der Waals surface area contributed by atoms with Crippen molar-refractivity contribution in [2.75, 3.05) is 11.9 Å². The molecule has 15 heteroatoms. The number of halogens is 5. The number of rotatable bonds is 9. The van der Waals surface area contributed by atoms with Crippen LogP contribution in [0.15, 0.2) is 53.4 Å². The number of nitrogens with one attached hydrogen (secondary N) is 1. The molecular weight excluding hydrogens is 505 g/mol. The van der Waals surface area contributed by atoms with Crippen molar-refractivity contribution in [3.63, 3.8) is 0 Å². The smallest absolute Gasteiger partial charge is 0.373 e. The van der Waals surface area contributed by atoms with E-state index in [1.807, 2.05) is 0 Å². The number of anilines is 1. The van der Waals surface area contributed by atoms with Crippen molar-refractivity contribution >= 4 is 11.7 Å². The zero-order valence-corrected chi connectivity index (χ0v) is 18.7. The van der Waals surface area contributed by atoms with Crippen LogP contribution >= 0.6 is 0 Å². The zero-order chi connectivity index (χ0) is 26.8. The van der Waals surface area contributed by atoms with Gasteiger partial charge in [-0.2, -0.15) is 18.3 Å². The summed E-state index contributed by atoms with van der Waals surface area (Å²) in [5.41, 5.74) is 2.07. The first-order chi connectivity index (χ1) is 17.5. The molecule has 3 heterocycles. The number of amides is 1. The number of nitrogens with zero attached hydrogens (tertiary/aromatic N) is 5. The zero-order valence-electron chi connectivity index (χ0n) is 18.7. The number of nitrogens with two attached hydrogens (primary N) is 1. The van der Waals surface area contributed by atoms with E-state index in [4.69, 9.17) is 10.3 Å². The van der Waals surface area contributed by atoms with E-state index in [2.05, 4.69) is 25.5 Å². The summed E-state index contributed by atoms with van der Waals surface area (Å²) in [6.07, 6.45) is -4.45. The molecule has 1 aromatic carbocycles. The molecule has 0 aliphatic rings. The minimum atomic E-state index is -5.33. The molecule has 0 saturated carbocycles. The van der Waals surface area contributed by atoms with Crippen LogP contribution in [-0.4, -0.2) is 54.2 Å². The van der Waals surface area contributed by atoms with E-state index in [-0.39, 0.29) is 18.1 Å². The maximum Gasteiger partial charge on any atom is 0.426 e. The quantitative estimate of drug-likeness (QED) is 0.284. The highest BCUT2D eigenvalue weighted by molar-refractivity contribution is 5.84.